The fraction of sp³-hybridized carbons (Fsp3) is 0.583. The Hall–Kier alpha value is -1.00. The van der Waals surface area contributed by atoms with Gasteiger partial charge in [0, 0.05) is 12.7 Å². The third-order valence-electron chi connectivity index (χ3n) is 3.03. The molecule has 1 fully saturated rings. The molecule has 4 nitrogen and oxygen atoms in total. The molecule has 0 amide bonds. The fourth-order valence-corrected chi connectivity index (χ4v) is 2.28. The molecule has 1 aliphatic heterocycles. The van der Waals surface area contributed by atoms with Crippen LogP contribution in [0.25, 0.3) is 0 Å². The monoisotopic (exact) mass is 254 g/mol. The van der Waals surface area contributed by atoms with Gasteiger partial charge in [0.15, 0.2) is 0 Å². The number of hydrogen-bond acceptors (Lipinski definition) is 4. The van der Waals surface area contributed by atoms with Crippen molar-refractivity contribution in [1.29, 1.82) is 0 Å². The molecule has 94 valence electrons. The van der Waals surface area contributed by atoms with Gasteiger partial charge in [-0.25, -0.2) is 4.98 Å². The lowest BCUT2D eigenvalue weighted by Gasteiger charge is -2.14. The van der Waals surface area contributed by atoms with Crippen LogP contribution in [0.3, 0.4) is 0 Å². The number of aromatic nitrogens is 1. The second-order valence-corrected chi connectivity index (χ2v) is 4.86. The molecule has 1 aliphatic rings. The number of nitrogens with two attached hydrogens (primary N) is 1. The minimum atomic E-state index is 0.574. The van der Waals surface area contributed by atoms with Crippen LogP contribution < -0.4 is 11.1 Å². The standard InChI is InChI=1S/C12H19ClN4/c13-10-8-11(14)12(16-9-10)15-4-3-7-17-5-1-2-6-17/h8-9H,1-7,14H2,(H,15,16). The van der Waals surface area contributed by atoms with E-state index >= 15 is 0 Å². The SMILES string of the molecule is Nc1cc(Cl)cnc1NCCCN1CCCC1. The van der Waals surface area contributed by atoms with Crippen molar-refractivity contribution in [2.45, 2.75) is 19.3 Å². The third kappa shape index (κ3) is 3.75. The second-order valence-electron chi connectivity index (χ2n) is 4.42. The topological polar surface area (TPSA) is 54.2 Å². The Kier molecular flexibility index (Phi) is 4.45. The van der Waals surface area contributed by atoms with E-state index in [1.165, 1.54) is 25.9 Å². The van der Waals surface area contributed by atoms with Gasteiger partial charge in [-0.3, -0.25) is 0 Å². The number of pyridine rings is 1. The number of anilines is 2. The molecule has 0 unspecified atom stereocenters. The molecule has 2 rings (SSSR count). The molecule has 0 saturated carbocycles. The lowest BCUT2D eigenvalue weighted by Crippen LogP contribution is -2.22. The van der Waals surface area contributed by atoms with Crippen molar-refractivity contribution in [2.24, 2.45) is 0 Å². The highest BCUT2D eigenvalue weighted by Crippen LogP contribution is 2.19. The van der Waals surface area contributed by atoms with Crippen molar-refractivity contribution in [3.05, 3.63) is 17.3 Å². The zero-order chi connectivity index (χ0) is 12.1. The molecular formula is C12H19ClN4. The Bertz CT molecular complexity index is 364. The molecule has 3 N–H and O–H groups in total. The van der Waals surface area contributed by atoms with Crippen LogP contribution in [0.15, 0.2) is 12.3 Å². The molecule has 17 heavy (non-hydrogen) atoms. The first-order chi connectivity index (χ1) is 8.25. The first-order valence-corrected chi connectivity index (χ1v) is 6.51. The molecule has 5 heteroatoms. The van der Waals surface area contributed by atoms with Gasteiger partial charge in [0.2, 0.25) is 0 Å². The first kappa shape index (κ1) is 12.5. The van der Waals surface area contributed by atoms with E-state index < -0.39 is 0 Å². The van der Waals surface area contributed by atoms with E-state index in [0.717, 1.165) is 25.3 Å². The van der Waals surface area contributed by atoms with Crippen molar-refractivity contribution in [3.63, 3.8) is 0 Å². The van der Waals surface area contributed by atoms with Crippen LogP contribution in [0.4, 0.5) is 11.5 Å². The summed E-state index contributed by atoms with van der Waals surface area (Å²) < 4.78 is 0. The van der Waals surface area contributed by atoms with Crippen molar-refractivity contribution >= 4 is 23.1 Å². The van der Waals surface area contributed by atoms with Crippen LogP contribution in [0.5, 0.6) is 0 Å². The van der Waals surface area contributed by atoms with Crippen LogP contribution in [-0.4, -0.2) is 36.1 Å². The highest BCUT2D eigenvalue weighted by molar-refractivity contribution is 6.30. The quantitative estimate of drug-likeness (QED) is 0.792. The van der Waals surface area contributed by atoms with Crippen molar-refractivity contribution in [2.75, 3.05) is 37.2 Å². The van der Waals surface area contributed by atoms with Gasteiger partial charge < -0.3 is 16.0 Å². The van der Waals surface area contributed by atoms with E-state index in [0.29, 0.717) is 10.7 Å². The Morgan fingerprint density at radius 1 is 1.41 bits per heavy atom. The maximum absolute atomic E-state index is 5.81. The fourth-order valence-electron chi connectivity index (χ4n) is 2.12. The van der Waals surface area contributed by atoms with Gasteiger partial charge in [-0.1, -0.05) is 11.6 Å². The number of hydrogen-bond donors (Lipinski definition) is 2. The normalized spacial score (nSPS) is 16.3. The highest BCUT2D eigenvalue weighted by atomic mass is 35.5. The summed E-state index contributed by atoms with van der Waals surface area (Å²) >= 11 is 5.79. The maximum atomic E-state index is 5.81. The summed E-state index contributed by atoms with van der Waals surface area (Å²) in [6.07, 6.45) is 5.42. The summed E-state index contributed by atoms with van der Waals surface area (Å²) in [5.41, 5.74) is 6.42. The predicted octanol–water partition coefficient (Wildman–Crippen LogP) is 2.21. The number of nitrogen functional groups attached to an aromatic ring is 1. The smallest absolute Gasteiger partial charge is 0.149 e. The Morgan fingerprint density at radius 2 is 2.18 bits per heavy atom. The summed E-state index contributed by atoms with van der Waals surface area (Å²) in [5.74, 6) is 0.732. The minimum absolute atomic E-state index is 0.574. The lowest BCUT2D eigenvalue weighted by molar-refractivity contribution is 0.337. The van der Waals surface area contributed by atoms with E-state index in [1.54, 1.807) is 12.3 Å². The van der Waals surface area contributed by atoms with Gasteiger partial charge in [-0.15, -0.1) is 0 Å². The Balaban J connectivity index is 1.70. The third-order valence-corrected chi connectivity index (χ3v) is 3.23. The molecule has 0 spiro atoms. The molecule has 1 saturated heterocycles. The number of likely N-dealkylation sites (tertiary alicyclic amines) is 1. The van der Waals surface area contributed by atoms with Gasteiger partial charge in [0.05, 0.1) is 10.7 Å². The molecule has 0 aromatic carbocycles. The Morgan fingerprint density at radius 3 is 2.88 bits per heavy atom. The van der Waals surface area contributed by atoms with Crippen LogP contribution in [0.1, 0.15) is 19.3 Å². The number of halogens is 1. The first-order valence-electron chi connectivity index (χ1n) is 6.13. The van der Waals surface area contributed by atoms with Crippen LogP contribution in [-0.2, 0) is 0 Å². The van der Waals surface area contributed by atoms with E-state index in [2.05, 4.69) is 15.2 Å². The molecule has 0 radical (unpaired) electrons. The van der Waals surface area contributed by atoms with Crippen LogP contribution in [0.2, 0.25) is 5.02 Å². The zero-order valence-corrected chi connectivity index (χ0v) is 10.7. The molecule has 1 aromatic heterocycles. The number of nitrogens with one attached hydrogen (secondary N) is 1. The molecule has 0 bridgehead atoms. The van der Waals surface area contributed by atoms with E-state index in [1.807, 2.05) is 0 Å². The zero-order valence-electron chi connectivity index (χ0n) is 9.95. The summed E-state index contributed by atoms with van der Waals surface area (Å²) in [6, 6.07) is 1.72. The average molecular weight is 255 g/mol. The molecule has 0 atom stereocenters. The summed E-state index contributed by atoms with van der Waals surface area (Å²) in [6.45, 7) is 4.55. The summed E-state index contributed by atoms with van der Waals surface area (Å²) in [4.78, 5) is 6.67. The minimum Gasteiger partial charge on any atom is -0.396 e. The van der Waals surface area contributed by atoms with Crippen molar-refractivity contribution in [1.82, 2.24) is 9.88 Å². The van der Waals surface area contributed by atoms with Gasteiger partial charge in [-0.05, 0) is 45.0 Å². The van der Waals surface area contributed by atoms with E-state index in [9.17, 15) is 0 Å². The van der Waals surface area contributed by atoms with Crippen molar-refractivity contribution < 1.29 is 0 Å². The largest absolute Gasteiger partial charge is 0.396 e. The highest BCUT2D eigenvalue weighted by Gasteiger charge is 2.10. The summed E-state index contributed by atoms with van der Waals surface area (Å²) in [7, 11) is 0. The van der Waals surface area contributed by atoms with Crippen LogP contribution >= 0.6 is 11.6 Å². The van der Waals surface area contributed by atoms with Gasteiger partial charge >= 0.3 is 0 Å². The number of rotatable bonds is 5. The van der Waals surface area contributed by atoms with Gasteiger partial charge in [-0.2, -0.15) is 0 Å². The van der Waals surface area contributed by atoms with E-state index in [4.69, 9.17) is 17.3 Å². The lowest BCUT2D eigenvalue weighted by atomic mass is 10.3. The van der Waals surface area contributed by atoms with Crippen LogP contribution in [0, 0.1) is 0 Å². The maximum Gasteiger partial charge on any atom is 0.149 e. The Labute approximate surface area is 107 Å². The van der Waals surface area contributed by atoms with E-state index in [-0.39, 0.29) is 0 Å². The summed E-state index contributed by atoms with van der Waals surface area (Å²) in [5, 5.41) is 3.82. The second kappa shape index (κ2) is 6.07. The molecule has 2 heterocycles. The van der Waals surface area contributed by atoms with Gasteiger partial charge in [0.25, 0.3) is 0 Å². The molecule has 0 aliphatic carbocycles. The number of nitrogens with zero attached hydrogens (tertiary/aromatic N) is 2. The van der Waals surface area contributed by atoms with Crippen molar-refractivity contribution in [3.8, 4) is 0 Å². The predicted molar refractivity (Wildman–Crippen MR) is 72.4 cm³/mol. The van der Waals surface area contributed by atoms with Gasteiger partial charge in [0.1, 0.15) is 5.82 Å². The molecular weight excluding hydrogens is 236 g/mol. The molecule has 1 aromatic rings. The average Bonchev–Trinajstić information content (AvgIpc) is 2.79.